The zero-order valence-corrected chi connectivity index (χ0v) is 9.52. The molecule has 0 spiro atoms. The molecule has 1 atom stereocenters. The average Bonchev–Trinajstić information content (AvgIpc) is 2.66. The Morgan fingerprint density at radius 1 is 1.33 bits per heavy atom. The van der Waals surface area contributed by atoms with Gasteiger partial charge >= 0.3 is 0 Å². The van der Waals surface area contributed by atoms with Crippen LogP contribution >= 0.6 is 0 Å². The Hall–Kier alpha value is -0.755. The second-order valence-electron chi connectivity index (χ2n) is 4.43. The van der Waals surface area contributed by atoms with Crippen LogP contribution < -0.4 is 5.46 Å². The Kier molecular flexibility index (Phi) is 3.84. The van der Waals surface area contributed by atoms with E-state index in [9.17, 15) is 0 Å². The first-order valence-electron chi connectivity index (χ1n) is 5.98. The van der Waals surface area contributed by atoms with Crippen molar-refractivity contribution in [2.24, 2.45) is 0 Å². The van der Waals surface area contributed by atoms with E-state index in [1.807, 2.05) is 0 Å². The molecule has 0 aromatic heterocycles. The lowest BCUT2D eigenvalue weighted by Crippen LogP contribution is -2.29. The van der Waals surface area contributed by atoms with Crippen LogP contribution in [0.1, 0.15) is 19.8 Å². The summed E-state index contributed by atoms with van der Waals surface area (Å²) in [7, 11) is 2.34. The number of nitrogens with zero attached hydrogens (tertiary/aromatic N) is 1. The highest BCUT2D eigenvalue weighted by Gasteiger charge is 2.18. The summed E-state index contributed by atoms with van der Waals surface area (Å²) < 4.78 is 0. The van der Waals surface area contributed by atoms with Gasteiger partial charge in [-0.3, -0.25) is 0 Å². The van der Waals surface area contributed by atoms with Gasteiger partial charge in [-0.2, -0.15) is 0 Å². The minimum atomic E-state index is 0.800. The van der Waals surface area contributed by atoms with Gasteiger partial charge in [0.15, 0.2) is 7.28 Å². The third-order valence-electron chi connectivity index (χ3n) is 3.29. The Balaban J connectivity index is 1.71. The molecule has 0 saturated carbocycles. The molecule has 1 heterocycles. The molecule has 0 bridgehead atoms. The Morgan fingerprint density at radius 2 is 2.13 bits per heavy atom. The number of benzene rings is 1. The molecule has 1 aromatic rings. The van der Waals surface area contributed by atoms with Crippen molar-refractivity contribution < 1.29 is 0 Å². The fraction of sp³-hybridized carbons (Fsp3) is 0.538. The molecule has 1 aliphatic heterocycles. The molecule has 1 nitrogen and oxygen atoms in total. The molecule has 1 aromatic carbocycles. The standard InChI is InChI=1S/C13H19BN/c1-12-6-5-10-15(12)11-9-14-13-7-3-2-4-8-13/h2-4,7-8,12H,5-6,9-11H2,1H3. The van der Waals surface area contributed by atoms with Crippen LogP contribution in [0.15, 0.2) is 30.3 Å². The van der Waals surface area contributed by atoms with E-state index >= 15 is 0 Å². The molecule has 1 saturated heterocycles. The van der Waals surface area contributed by atoms with E-state index in [4.69, 9.17) is 0 Å². The summed E-state index contributed by atoms with van der Waals surface area (Å²) in [6.07, 6.45) is 3.94. The van der Waals surface area contributed by atoms with E-state index in [2.05, 4.69) is 49.4 Å². The summed E-state index contributed by atoms with van der Waals surface area (Å²) in [6.45, 7) is 4.86. The van der Waals surface area contributed by atoms with Crippen molar-refractivity contribution in [1.29, 1.82) is 0 Å². The predicted octanol–water partition coefficient (Wildman–Crippen LogP) is 1.92. The van der Waals surface area contributed by atoms with Gasteiger partial charge in [0.1, 0.15) is 0 Å². The van der Waals surface area contributed by atoms with Gasteiger partial charge < -0.3 is 4.90 Å². The smallest absolute Gasteiger partial charge is 0.152 e. The monoisotopic (exact) mass is 200 g/mol. The number of rotatable bonds is 4. The van der Waals surface area contributed by atoms with Crippen molar-refractivity contribution in [2.45, 2.75) is 32.1 Å². The van der Waals surface area contributed by atoms with Gasteiger partial charge in [0.25, 0.3) is 0 Å². The molecule has 0 aliphatic carbocycles. The van der Waals surface area contributed by atoms with E-state index in [1.54, 1.807) is 0 Å². The molecule has 0 N–H and O–H groups in total. The predicted molar refractivity (Wildman–Crippen MR) is 66.9 cm³/mol. The normalized spacial score (nSPS) is 21.8. The highest BCUT2D eigenvalue weighted by molar-refractivity contribution is 6.53. The van der Waals surface area contributed by atoms with E-state index in [0.29, 0.717) is 0 Å². The van der Waals surface area contributed by atoms with Gasteiger partial charge in [-0.1, -0.05) is 42.1 Å². The van der Waals surface area contributed by atoms with Crippen LogP contribution in [0.3, 0.4) is 0 Å². The molecule has 2 heteroatoms. The topological polar surface area (TPSA) is 3.24 Å². The van der Waals surface area contributed by atoms with E-state index in [0.717, 1.165) is 6.04 Å². The van der Waals surface area contributed by atoms with Gasteiger partial charge in [0.2, 0.25) is 0 Å². The molecule has 1 fully saturated rings. The van der Waals surface area contributed by atoms with Crippen molar-refractivity contribution in [3.8, 4) is 0 Å². The van der Waals surface area contributed by atoms with Crippen LogP contribution in [0.25, 0.3) is 0 Å². The van der Waals surface area contributed by atoms with Crippen LogP contribution in [-0.2, 0) is 0 Å². The fourth-order valence-electron chi connectivity index (χ4n) is 2.31. The van der Waals surface area contributed by atoms with Crippen LogP contribution in [0.2, 0.25) is 6.32 Å². The molecule has 1 unspecified atom stereocenters. The first kappa shape index (κ1) is 10.8. The van der Waals surface area contributed by atoms with Crippen LogP contribution in [-0.4, -0.2) is 31.3 Å². The van der Waals surface area contributed by atoms with Crippen molar-refractivity contribution in [3.63, 3.8) is 0 Å². The minimum Gasteiger partial charge on any atom is -0.301 e. The maximum atomic E-state index is 2.60. The summed E-state index contributed by atoms with van der Waals surface area (Å²) in [5.41, 5.74) is 1.35. The first-order valence-corrected chi connectivity index (χ1v) is 5.98. The molecule has 1 aliphatic rings. The second kappa shape index (κ2) is 5.36. The highest BCUT2D eigenvalue weighted by Crippen LogP contribution is 2.15. The van der Waals surface area contributed by atoms with Crippen LogP contribution in [0, 0.1) is 0 Å². The highest BCUT2D eigenvalue weighted by atomic mass is 15.2. The molecule has 15 heavy (non-hydrogen) atoms. The lowest BCUT2D eigenvalue weighted by Gasteiger charge is -2.20. The SMILES string of the molecule is CC1CCCN1CC[B]c1ccccc1. The second-order valence-corrected chi connectivity index (χ2v) is 4.43. The molecular weight excluding hydrogens is 181 g/mol. The number of likely N-dealkylation sites (tertiary alicyclic amines) is 1. The number of hydrogen-bond donors (Lipinski definition) is 0. The summed E-state index contributed by atoms with van der Waals surface area (Å²) in [5, 5.41) is 0. The molecular formula is C13H19BN. The van der Waals surface area contributed by atoms with Gasteiger partial charge in [-0.15, -0.1) is 0 Å². The summed E-state index contributed by atoms with van der Waals surface area (Å²) >= 11 is 0. The lowest BCUT2D eigenvalue weighted by atomic mass is 9.67. The third kappa shape index (κ3) is 3.10. The van der Waals surface area contributed by atoms with Crippen molar-refractivity contribution in [1.82, 2.24) is 4.90 Å². The zero-order valence-electron chi connectivity index (χ0n) is 9.52. The molecule has 1 radical (unpaired) electrons. The van der Waals surface area contributed by atoms with Crippen LogP contribution in [0.5, 0.6) is 0 Å². The van der Waals surface area contributed by atoms with Crippen LogP contribution in [0.4, 0.5) is 0 Å². The average molecular weight is 200 g/mol. The van der Waals surface area contributed by atoms with Crippen molar-refractivity contribution >= 4 is 12.7 Å². The van der Waals surface area contributed by atoms with E-state index in [1.165, 1.54) is 37.7 Å². The summed E-state index contributed by atoms with van der Waals surface area (Å²) in [6, 6.07) is 11.4. The van der Waals surface area contributed by atoms with Gasteiger partial charge in [0.05, 0.1) is 0 Å². The van der Waals surface area contributed by atoms with Gasteiger partial charge in [-0.25, -0.2) is 0 Å². The first-order chi connectivity index (χ1) is 7.36. The Bertz CT molecular complexity index is 286. The molecule has 2 rings (SSSR count). The Morgan fingerprint density at radius 3 is 2.80 bits per heavy atom. The van der Waals surface area contributed by atoms with E-state index < -0.39 is 0 Å². The Labute approximate surface area is 93.7 Å². The maximum Gasteiger partial charge on any atom is 0.152 e. The summed E-state index contributed by atoms with van der Waals surface area (Å²) in [4.78, 5) is 2.60. The van der Waals surface area contributed by atoms with Gasteiger partial charge in [-0.05, 0) is 32.9 Å². The summed E-state index contributed by atoms with van der Waals surface area (Å²) in [5.74, 6) is 0. The number of hydrogen-bond acceptors (Lipinski definition) is 1. The van der Waals surface area contributed by atoms with Gasteiger partial charge in [0, 0.05) is 6.04 Å². The third-order valence-corrected chi connectivity index (χ3v) is 3.29. The van der Waals surface area contributed by atoms with Crippen molar-refractivity contribution in [2.75, 3.05) is 13.1 Å². The maximum absolute atomic E-state index is 2.60. The lowest BCUT2D eigenvalue weighted by molar-refractivity contribution is 0.284. The molecule has 79 valence electrons. The fourth-order valence-corrected chi connectivity index (χ4v) is 2.31. The van der Waals surface area contributed by atoms with Crippen molar-refractivity contribution in [3.05, 3.63) is 30.3 Å². The quantitative estimate of drug-likeness (QED) is 0.671. The zero-order chi connectivity index (χ0) is 10.5. The van der Waals surface area contributed by atoms with E-state index in [-0.39, 0.29) is 0 Å². The largest absolute Gasteiger partial charge is 0.301 e. The minimum absolute atomic E-state index is 0.800. The molecule has 0 amide bonds.